The van der Waals surface area contributed by atoms with E-state index in [9.17, 15) is 4.79 Å². The molecule has 8 heteroatoms. The van der Waals surface area contributed by atoms with Gasteiger partial charge < -0.3 is 9.64 Å². The molecule has 0 spiro atoms. The fourth-order valence-corrected chi connectivity index (χ4v) is 4.80. The monoisotopic (exact) mass is 479 g/mol. The van der Waals surface area contributed by atoms with Crippen molar-refractivity contribution >= 4 is 21.8 Å². The predicted molar refractivity (Wildman–Crippen MR) is 119 cm³/mol. The molecule has 0 radical (unpaired) electrons. The van der Waals surface area contributed by atoms with Crippen molar-refractivity contribution in [1.29, 1.82) is 0 Å². The number of nitrogens with zero attached hydrogens (tertiary/aromatic N) is 5. The molecule has 6 rings (SSSR count). The van der Waals surface area contributed by atoms with E-state index in [1.165, 1.54) is 0 Å². The van der Waals surface area contributed by atoms with E-state index in [0.717, 1.165) is 35.8 Å². The molecule has 2 aliphatic heterocycles. The van der Waals surface area contributed by atoms with Gasteiger partial charge >= 0.3 is 0 Å². The lowest BCUT2D eigenvalue weighted by Crippen LogP contribution is -2.59. The second-order valence-electron chi connectivity index (χ2n) is 8.16. The van der Waals surface area contributed by atoms with Gasteiger partial charge in [0.1, 0.15) is 11.8 Å². The zero-order valence-electron chi connectivity index (χ0n) is 17.1. The number of hydrogen-bond donors (Lipinski definition) is 0. The Bertz CT molecular complexity index is 1090. The molecule has 3 fully saturated rings. The van der Waals surface area contributed by atoms with Gasteiger partial charge in [0.05, 0.1) is 11.6 Å². The number of rotatable bonds is 4. The summed E-state index contributed by atoms with van der Waals surface area (Å²) in [6.07, 6.45) is 9.70. The van der Waals surface area contributed by atoms with Crippen LogP contribution in [0.3, 0.4) is 0 Å². The summed E-state index contributed by atoms with van der Waals surface area (Å²) < 4.78 is 7.14. The first-order valence-corrected chi connectivity index (χ1v) is 11.2. The van der Waals surface area contributed by atoms with Crippen molar-refractivity contribution < 1.29 is 9.53 Å². The third-order valence-electron chi connectivity index (χ3n) is 5.99. The molecule has 2 saturated heterocycles. The zero-order valence-corrected chi connectivity index (χ0v) is 18.7. The van der Waals surface area contributed by atoms with Crippen LogP contribution in [0.15, 0.2) is 53.5 Å². The van der Waals surface area contributed by atoms with Crippen LogP contribution in [0.5, 0.6) is 5.88 Å². The van der Waals surface area contributed by atoms with E-state index in [4.69, 9.17) is 4.74 Å². The molecule has 0 N–H and O–H groups in total. The summed E-state index contributed by atoms with van der Waals surface area (Å²) in [5.74, 6) is 1.43. The summed E-state index contributed by atoms with van der Waals surface area (Å²) in [7, 11) is 0. The number of amides is 1. The van der Waals surface area contributed by atoms with Gasteiger partial charge in [0.25, 0.3) is 5.91 Å². The van der Waals surface area contributed by atoms with Gasteiger partial charge in [-0.1, -0.05) is 0 Å². The van der Waals surface area contributed by atoms with Crippen molar-refractivity contribution in [2.75, 3.05) is 6.54 Å². The van der Waals surface area contributed by atoms with Gasteiger partial charge in [0.2, 0.25) is 5.88 Å². The van der Waals surface area contributed by atoms with Crippen LogP contribution in [-0.4, -0.2) is 49.4 Å². The fourth-order valence-electron chi connectivity index (χ4n) is 4.57. The second kappa shape index (κ2) is 8.34. The van der Waals surface area contributed by atoms with Crippen LogP contribution in [0.4, 0.5) is 0 Å². The zero-order chi connectivity index (χ0) is 21.4. The average molecular weight is 480 g/mol. The van der Waals surface area contributed by atoms with E-state index in [1.54, 1.807) is 30.9 Å². The Kier molecular flexibility index (Phi) is 5.40. The smallest absolute Gasteiger partial charge is 0.256 e. The Labute approximate surface area is 189 Å². The Hall–Kier alpha value is -2.87. The van der Waals surface area contributed by atoms with Crippen LogP contribution in [0.1, 0.15) is 35.2 Å². The standard InChI is InChI=1S/C23H22BrN5O2/c1-14-9-17(21(28-11-14)22-25-7-2-8-26-22)23(30)29-13-15-3-5-18(29)19(10-15)31-20-6-4-16(24)12-27-20/h2,4,6-9,11-12,15,18-19H,3,5,10,13H2,1H3. The second-order valence-corrected chi connectivity index (χ2v) is 9.07. The topological polar surface area (TPSA) is 81.1 Å². The molecule has 158 valence electrons. The molecule has 3 atom stereocenters. The van der Waals surface area contributed by atoms with Crippen LogP contribution >= 0.6 is 15.9 Å². The summed E-state index contributed by atoms with van der Waals surface area (Å²) in [6, 6.07) is 7.41. The number of aryl methyl sites for hydroxylation is 1. The first-order chi connectivity index (χ1) is 15.1. The molecular weight excluding hydrogens is 458 g/mol. The molecule has 1 amide bonds. The maximum Gasteiger partial charge on any atom is 0.256 e. The maximum absolute atomic E-state index is 13.7. The molecule has 5 heterocycles. The summed E-state index contributed by atoms with van der Waals surface area (Å²) >= 11 is 3.40. The fraction of sp³-hybridized carbons (Fsp3) is 0.348. The van der Waals surface area contributed by atoms with Crippen molar-refractivity contribution in [1.82, 2.24) is 24.8 Å². The highest BCUT2D eigenvalue weighted by atomic mass is 79.9. The Balaban J connectivity index is 1.44. The molecule has 3 unspecified atom stereocenters. The predicted octanol–water partition coefficient (Wildman–Crippen LogP) is 4.08. The van der Waals surface area contributed by atoms with Gasteiger partial charge in [-0.3, -0.25) is 9.78 Å². The van der Waals surface area contributed by atoms with E-state index in [0.29, 0.717) is 28.9 Å². The first-order valence-electron chi connectivity index (χ1n) is 10.4. The lowest BCUT2D eigenvalue weighted by molar-refractivity contribution is -0.0313. The highest BCUT2D eigenvalue weighted by molar-refractivity contribution is 9.10. The maximum atomic E-state index is 13.7. The summed E-state index contributed by atoms with van der Waals surface area (Å²) in [6.45, 7) is 2.67. The molecule has 3 aromatic rings. The van der Waals surface area contributed by atoms with E-state index >= 15 is 0 Å². The third-order valence-corrected chi connectivity index (χ3v) is 6.46. The highest BCUT2D eigenvalue weighted by Gasteiger charge is 2.45. The number of fused-ring (bicyclic) bond motifs is 3. The normalized spacial score (nSPS) is 22.4. The Morgan fingerprint density at radius 2 is 1.97 bits per heavy atom. The van der Waals surface area contributed by atoms with E-state index in [-0.39, 0.29) is 18.1 Å². The van der Waals surface area contributed by atoms with Crippen LogP contribution < -0.4 is 4.74 Å². The van der Waals surface area contributed by atoms with Crippen LogP contribution in [-0.2, 0) is 0 Å². The Morgan fingerprint density at radius 3 is 2.71 bits per heavy atom. The minimum Gasteiger partial charge on any atom is -0.472 e. The molecule has 7 nitrogen and oxygen atoms in total. The van der Waals surface area contributed by atoms with E-state index in [1.807, 2.05) is 30.0 Å². The minimum atomic E-state index is -0.0701. The number of halogens is 1. The number of carbonyl (C=O) groups excluding carboxylic acids is 1. The number of carbonyl (C=O) groups is 1. The number of aromatic nitrogens is 4. The van der Waals surface area contributed by atoms with Gasteiger partial charge in [0, 0.05) is 41.9 Å². The lowest BCUT2D eigenvalue weighted by atomic mass is 9.77. The van der Waals surface area contributed by atoms with Gasteiger partial charge in [-0.05, 0) is 71.8 Å². The number of pyridine rings is 2. The van der Waals surface area contributed by atoms with E-state index < -0.39 is 0 Å². The van der Waals surface area contributed by atoms with Crippen LogP contribution in [0.25, 0.3) is 11.5 Å². The molecule has 1 saturated carbocycles. The molecule has 3 aliphatic rings. The van der Waals surface area contributed by atoms with Crippen molar-refractivity contribution in [3.8, 4) is 17.4 Å². The molecule has 2 bridgehead atoms. The summed E-state index contributed by atoms with van der Waals surface area (Å²) in [5, 5.41) is 0. The van der Waals surface area contributed by atoms with Gasteiger partial charge in [0.15, 0.2) is 5.82 Å². The molecular formula is C23H22BrN5O2. The number of ether oxygens (including phenoxy) is 1. The first kappa shape index (κ1) is 20.1. The third kappa shape index (κ3) is 4.04. The van der Waals surface area contributed by atoms with E-state index in [2.05, 4.69) is 35.9 Å². The summed E-state index contributed by atoms with van der Waals surface area (Å²) in [4.78, 5) is 33.2. The van der Waals surface area contributed by atoms with Crippen molar-refractivity contribution in [2.24, 2.45) is 5.92 Å². The molecule has 3 aromatic heterocycles. The number of piperidine rings is 2. The lowest BCUT2D eigenvalue weighted by Gasteiger charge is -2.49. The quantitative estimate of drug-likeness (QED) is 0.560. The van der Waals surface area contributed by atoms with Gasteiger partial charge in [-0.2, -0.15) is 0 Å². The largest absolute Gasteiger partial charge is 0.472 e. The van der Waals surface area contributed by atoms with Crippen molar-refractivity contribution in [2.45, 2.75) is 38.3 Å². The van der Waals surface area contributed by atoms with Gasteiger partial charge in [-0.25, -0.2) is 15.0 Å². The van der Waals surface area contributed by atoms with Crippen LogP contribution in [0, 0.1) is 12.8 Å². The molecule has 0 aromatic carbocycles. The van der Waals surface area contributed by atoms with Crippen molar-refractivity contribution in [3.63, 3.8) is 0 Å². The van der Waals surface area contributed by atoms with Gasteiger partial charge in [-0.15, -0.1) is 0 Å². The van der Waals surface area contributed by atoms with Crippen LogP contribution in [0.2, 0.25) is 0 Å². The molecule has 1 aliphatic carbocycles. The molecule has 31 heavy (non-hydrogen) atoms. The average Bonchev–Trinajstić information content (AvgIpc) is 2.81. The Morgan fingerprint density at radius 1 is 1.13 bits per heavy atom. The van der Waals surface area contributed by atoms with Crippen molar-refractivity contribution in [3.05, 3.63) is 64.7 Å². The SMILES string of the molecule is Cc1cnc(-c2ncccn2)c(C(=O)N2CC3CCC2C(Oc2ccc(Br)cn2)C3)c1. The minimum absolute atomic E-state index is 0.00741. The number of hydrogen-bond acceptors (Lipinski definition) is 6. The highest BCUT2D eigenvalue weighted by Crippen LogP contribution is 2.38. The summed E-state index contributed by atoms with van der Waals surface area (Å²) in [5.41, 5.74) is 1.99.